The van der Waals surface area contributed by atoms with Crippen LogP contribution in [0.25, 0.3) is 22.2 Å². The molecule has 2 aliphatic heterocycles. The Morgan fingerprint density at radius 2 is 1.93 bits per heavy atom. The SMILES string of the molecule is Cc1ccc(-c2nc(N3CCOCC3)cc3c(=O)n4c(nc23)CCC4)c(F)c1. The molecule has 0 bridgehead atoms. The standard InChI is InChI=1S/C21H21FN4O2/c1-13-4-5-14(16(22)11-13)19-20-15(21(27)26-6-2-3-17(26)23-20)12-18(24-19)25-7-9-28-10-8-25/h4-5,11-12H,2-3,6-10H2,1H3. The minimum Gasteiger partial charge on any atom is -0.378 e. The minimum atomic E-state index is -0.352. The van der Waals surface area contributed by atoms with Crippen LogP contribution in [0.5, 0.6) is 0 Å². The van der Waals surface area contributed by atoms with Crippen LogP contribution in [0.4, 0.5) is 10.2 Å². The number of anilines is 1. The maximum Gasteiger partial charge on any atom is 0.261 e. The van der Waals surface area contributed by atoms with Gasteiger partial charge in [0.2, 0.25) is 0 Å². The summed E-state index contributed by atoms with van der Waals surface area (Å²) in [6.45, 7) is 5.12. The molecule has 0 N–H and O–H groups in total. The van der Waals surface area contributed by atoms with Crippen LogP contribution in [0.2, 0.25) is 0 Å². The van der Waals surface area contributed by atoms with Gasteiger partial charge in [0.1, 0.15) is 28.7 Å². The molecular weight excluding hydrogens is 359 g/mol. The van der Waals surface area contributed by atoms with Gasteiger partial charge in [-0.25, -0.2) is 14.4 Å². The highest BCUT2D eigenvalue weighted by Crippen LogP contribution is 2.31. The number of aromatic nitrogens is 3. The van der Waals surface area contributed by atoms with Crippen molar-refractivity contribution < 1.29 is 9.13 Å². The Morgan fingerprint density at radius 1 is 1.11 bits per heavy atom. The van der Waals surface area contributed by atoms with Gasteiger partial charge in [-0.05, 0) is 37.1 Å². The summed E-state index contributed by atoms with van der Waals surface area (Å²) in [5.41, 5.74) is 2.06. The van der Waals surface area contributed by atoms with Gasteiger partial charge in [0, 0.05) is 31.6 Å². The third-order valence-electron chi connectivity index (χ3n) is 5.50. The first kappa shape index (κ1) is 17.3. The Labute approximate surface area is 161 Å². The molecule has 2 aliphatic rings. The number of ether oxygens (including phenoxy) is 1. The number of morpholine rings is 1. The lowest BCUT2D eigenvalue weighted by Crippen LogP contribution is -2.37. The van der Waals surface area contributed by atoms with Crippen LogP contribution in [0.1, 0.15) is 17.8 Å². The van der Waals surface area contributed by atoms with E-state index in [1.54, 1.807) is 16.7 Å². The molecule has 1 saturated heterocycles. The van der Waals surface area contributed by atoms with E-state index in [9.17, 15) is 9.18 Å². The van der Waals surface area contributed by atoms with E-state index in [2.05, 4.69) is 4.90 Å². The fourth-order valence-electron chi connectivity index (χ4n) is 4.02. The van der Waals surface area contributed by atoms with Crippen LogP contribution in [0.3, 0.4) is 0 Å². The zero-order valence-electron chi connectivity index (χ0n) is 15.7. The van der Waals surface area contributed by atoms with E-state index >= 15 is 0 Å². The summed E-state index contributed by atoms with van der Waals surface area (Å²) in [6, 6.07) is 6.87. The Hall–Kier alpha value is -2.80. The van der Waals surface area contributed by atoms with Crippen LogP contribution in [-0.2, 0) is 17.7 Å². The van der Waals surface area contributed by atoms with Crippen molar-refractivity contribution in [3.8, 4) is 11.3 Å². The molecule has 0 radical (unpaired) electrons. The Morgan fingerprint density at radius 3 is 2.71 bits per heavy atom. The maximum atomic E-state index is 14.8. The molecule has 28 heavy (non-hydrogen) atoms. The Bertz CT molecular complexity index is 1140. The zero-order valence-corrected chi connectivity index (χ0v) is 15.7. The minimum absolute atomic E-state index is 0.0665. The van der Waals surface area contributed by atoms with E-state index in [-0.39, 0.29) is 11.4 Å². The highest BCUT2D eigenvalue weighted by molar-refractivity contribution is 5.93. The monoisotopic (exact) mass is 380 g/mol. The average molecular weight is 380 g/mol. The summed E-state index contributed by atoms with van der Waals surface area (Å²) in [4.78, 5) is 24.7. The van der Waals surface area contributed by atoms with Gasteiger partial charge in [0.15, 0.2) is 0 Å². The van der Waals surface area contributed by atoms with E-state index in [1.165, 1.54) is 6.07 Å². The van der Waals surface area contributed by atoms with E-state index < -0.39 is 0 Å². The van der Waals surface area contributed by atoms with Crippen LogP contribution in [0, 0.1) is 12.7 Å². The van der Waals surface area contributed by atoms with Crippen molar-refractivity contribution >= 4 is 16.7 Å². The van der Waals surface area contributed by atoms with Gasteiger partial charge < -0.3 is 9.64 Å². The molecule has 1 fully saturated rings. The summed E-state index contributed by atoms with van der Waals surface area (Å²) < 4.78 is 22.0. The summed E-state index contributed by atoms with van der Waals surface area (Å²) in [7, 11) is 0. The van der Waals surface area contributed by atoms with Crippen molar-refractivity contribution in [1.82, 2.24) is 14.5 Å². The Kier molecular flexibility index (Phi) is 4.12. The number of halogens is 1. The topological polar surface area (TPSA) is 60.3 Å². The number of rotatable bonds is 2. The van der Waals surface area contributed by atoms with E-state index in [0.717, 1.165) is 24.2 Å². The number of pyridine rings is 1. The molecule has 3 aromatic rings. The average Bonchev–Trinajstić information content (AvgIpc) is 3.18. The van der Waals surface area contributed by atoms with Gasteiger partial charge in [0.25, 0.3) is 5.56 Å². The largest absolute Gasteiger partial charge is 0.378 e. The smallest absolute Gasteiger partial charge is 0.261 e. The van der Waals surface area contributed by atoms with Gasteiger partial charge in [-0.15, -0.1) is 0 Å². The number of benzene rings is 1. The van der Waals surface area contributed by atoms with Crippen molar-refractivity contribution in [3.63, 3.8) is 0 Å². The molecule has 0 unspecified atom stereocenters. The number of nitrogens with zero attached hydrogens (tertiary/aromatic N) is 4. The molecule has 0 spiro atoms. The van der Waals surface area contributed by atoms with Crippen LogP contribution >= 0.6 is 0 Å². The fourth-order valence-corrected chi connectivity index (χ4v) is 4.02. The number of hydrogen-bond donors (Lipinski definition) is 0. The molecule has 4 heterocycles. The second-order valence-electron chi connectivity index (χ2n) is 7.40. The molecule has 0 aliphatic carbocycles. The van der Waals surface area contributed by atoms with Crippen LogP contribution < -0.4 is 10.5 Å². The van der Waals surface area contributed by atoms with Gasteiger partial charge in [-0.1, -0.05) is 6.07 Å². The third kappa shape index (κ3) is 2.77. The number of aryl methyl sites for hydroxylation is 2. The van der Waals surface area contributed by atoms with Gasteiger partial charge in [-0.3, -0.25) is 9.36 Å². The lowest BCUT2D eigenvalue weighted by Gasteiger charge is -2.28. The van der Waals surface area contributed by atoms with Gasteiger partial charge in [-0.2, -0.15) is 0 Å². The quantitative estimate of drug-likeness (QED) is 0.684. The second kappa shape index (κ2) is 6.67. The first-order chi connectivity index (χ1) is 13.6. The molecule has 1 aromatic carbocycles. The molecule has 0 saturated carbocycles. The molecule has 0 amide bonds. The summed E-state index contributed by atoms with van der Waals surface area (Å²) in [6.07, 6.45) is 1.66. The first-order valence-corrected chi connectivity index (χ1v) is 9.65. The summed E-state index contributed by atoms with van der Waals surface area (Å²) >= 11 is 0. The second-order valence-corrected chi connectivity index (χ2v) is 7.40. The highest BCUT2D eigenvalue weighted by atomic mass is 19.1. The maximum absolute atomic E-state index is 14.8. The van der Waals surface area contributed by atoms with Crippen molar-refractivity contribution in [2.75, 3.05) is 31.2 Å². The molecule has 5 rings (SSSR count). The van der Waals surface area contributed by atoms with Crippen molar-refractivity contribution in [3.05, 3.63) is 51.8 Å². The predicted octanol–water partition coefficient (Wildman–Crippen LogP) is 2.69. The van der Waals surface area contributed by atoms with Gasteiger partial charge >= 0.3 is 0 Å². The van der Waals surface area contributed by atoms with E-state index in [1.807, 2.05) is 13.0 Å². The molecule has 2 aromatic heterocycles. The lowest BCUT2D eigenvalue weighted by atomic mass is 10.1. The molecule has 0 atom stereocenters. The van der Waals surface area contributed by atoms with Gasteiger partial charge in [0.05, 0.1) is 18.6 Å². The predicted molar refractivity (Wildman–Crippen MR) is 105 cm³/mol. The molecule has 7 heteroatoms. The summed E-state index contributed by atoms with van der Waals surface area (Å²) in [5.74, 6) is 1.07. The van der Waals surface area contributed by atoms with Crippen molar-refractivity contribution in [1.29, 1.82) is 0 Å². The lowest BCUT2D eigenvalue weighted by molar-refractivity contribution is 0.122. The molecule has 6 nitrogen and oxygen atoms in total. The van der Waals surface area contributed by atoms with Crippen LogP contribution in [-0.4, -0.2) is 40.8 Å². The Balaban J connectivity index is 1.81. The van der Waals surface area contributed by atoms with Crippen LogP contribution in [0.15, 0.2) is 29.1 Å². The van der Waals surface area contributed by atoms with E-state index in [4.69, 9.17) is 14.7 Å². The van der Waals surface area contributed by atoms with Crippen molar-refractivity contribution in [2.45, 2.75) is 26.3 Å². The summed E-state index contributed by atoms with van der Waals surface area (Å²) in [5, 5.41) is 0.497. The first-order valence-electron chi connectivity index (χ1n) is 9.65. The highest BCUT2D eigenvalue weighted by Gasteiger charge is 2.23. The van der Waals surface area contributed by atoms with Crippen molar-refractivity contribution in [2.24, 2.45) is 0 Å². The molecule has 144 valence electrons. The van der Waals surface area contributed by atoms with E-state index in [0.29, 0.717) is 60.8 Å². The third-order valence-corrected chi connectivity index (χ3v) is 5.50. The molecular formula is C21H21FN4O2. The fraction of sp³-hybridized carbons (Fsp3) is 0.381. The number of fused-ring (bicyclic) bond motifs is 2. The normalized spacial score (nSPS) is 16.6. The zero-order chi connectivity index (χ0) is 19.3. The number of hydrogen-bond acceptors (Lipinski definition) is 5.